The standard InChI is InChI=1S/C24H27N7O2/c1-33-12-11-28-20-13-17(7-10-27-20)21(32)31-22(25)24(8-2-9-24)19-5-3-16(4-6-19)18-14-29-23(26)30-15-18/h3-7,10,13-15H,2,8-9,11-12H2,1H3,(H,27,28)(H2,25,31,32)(H2,26,29,30)/p+1. The number of aliphatic imine (C=N–C) groups is 1. The van der Waals surface area contributed by atoms with Crippen LogP contribution in [0.3, 0.4) is 0 Å². The Kier molecular flexibility index (Phi) is 6.60. The third kappa shape index (κ3) is 4.83. The maximum atomic E-state index is 8.75. The molecule has 9 heteroatoms. The Balaban J connectivity index is 1.53. The molecule has 0 aliphatic heterocycles. The van der Waals surface area contributed by atoms with Gasteiger partial charge in [0.25, 0.3) is 0 Å². The Morgan fingerprint density at radius 3 is 2.52 bits per heavy atom. The molecule has 4 rings (SSSR count). The summed E-state index contributed by atoms with van der Waals surface area (Å²) < 4.78 is 5.04. The van der Waals surface area contributed by atoms with Gasteiger partial charge in [-0.25, -0.2) is 15.0 Å². The molecule has 1 fully saturated rings. The molecule has 2 aromatic heterocycles. The quantitative estimate of drug-likeness (QED) is 0.210. The Morgan fingerprint density at radius 2 is 1.88 bits per heavy atom. The number of pyridine rings is 1. The van der Waals surface area contributed by atoms with E-state index in [0.29, 0.717) is 24.5 Å². The summed E-state index contributed by atoms with van der Waals surface area (Å²) in [6.45, 7) is 1.18. The van der Waals surface area contributed by atoms with E-state index in [9.17, 15) is 0 Å². The first-order valence-corrected chi connectivity index (χ1v) is 10.8. The molecule has 1 aliphatic carbocycles. The minimum atomic E-state index is -0.463. The number of aromatic nitrogens is 3. The second-order valence-corrected chi connectivity index (χ2v) is 8.00. The summed E-state index contributed by atoms with van der Waals surface area (Å²) >= 11 is 0. The largest absolute Gasteiger partial charge is 0.578 e. The second kappa shape index (κ2) is 9.74. The van der Waals surface area contributed by atoms with Crippen LogP contribution in [0.15, 0.2) is 60.0 Å². The highest BCUT2D eigenvalue weighted by molar-refractivity contribution is 6.05. The van der Waals surface area contributed by atoms with Crippen LogP contribution in [0.25, 0.3) is 11.1 Å². The van der Waals surface area contributed by atoms with Gasteiger partial charge in [-0.1, -0.05) is 30.7 Å². The SMILES string of the molecule is COCCNc1cc(C([OH2+])=NC(=N)C2(c3ccc(-c4cnc(N)nc4)cc3)CCC2)ccn1. The number of benzene rings is 1. The fourth-order valence-electron chi connectivity index (χ4n) is 3.90. The number of methoxy groups -OCH3 is 1. The van der Waals surface area contributed by atoms with Crippen molar-refractivity contribution in [1.29, 1.82) is 5.41 Å². The minimum absolute atomic E-state index is 0.0547. The first-order chi connectivity index (χ1) is 16.0. The number of hydrogen-bond acceptors (Lipinski definition) is 7. The summed E-state index contributed by atoms with van der Waals surface area (Å²) in [5.41, 5.74) is 8.62. The predicted molar refractivity (Wildman–Crippen MR) is 130 cm³/mol. The molecule has 9 nitrogen and oxygen atoms in total. The molecule has 0 saturated heterocycles. The molecule has 6 N–H and O–H groups in total. The minimum Gasteiger partial charge on any atom is -0.578 e. The summed E-state index contributed by atoms with van der Waals surface area (Å²) in [5, 5.41) is 20.4. The molecule has 170 valence electrons. The highest BCUT2D eigenvalue weighted by Gasteiger charge is 2.43. The number of rotatable bonds is 8. The Hall–Kier alpha value is -3.85. The van der Waals surface area contributed by atoms with Crippen LogP contribution in [0.5, 0.6) is 0 Å². The van der Waals surface area contributed by atoms with Crippen molar-refractivity contribution >= 4 is 23.5 Å². The lowest BCUT2D eigenvalue weighted by Gasteiger charge is -2.41. The number of nitrogens with one attached hydrogen (secondary N) is 2. The first-order valence-electron chi connectivity index (χ1n) is 10.8. The lowest BCUT2D eigenvalue weighted by molar-refractivity contribution is 0.210. The van der Waals surface area contributed by atoms with Crippen molar-refractivity contribution in [3.63, 3.8) is 0 Å². The molecule has 2 heterocycles. The topological polar surface area (TPSA) is 145 Å². The van der Waals surface area contributed by atoms with Gasteiger partial charge in [-0.15, -0.1) is 4.99 Å². The summed E-state index contributed by atoms with van der Waals surface area (Å²) in [4.78, 5) is 16.8. The van der Waals surface area contributed by atoms with Crippen molar-refractivity contribution in [3.8, 4) is 11.1 Å². The van der Waals surface area contributed by atoms with E-state index in [2.05, 4.69) is 25.3 Å². The van der Waals surface area contributed by atoms with Crippen LogP contribution < -0.4 is 11.1 Å². The summed E-state index contributed by atoms with van der Waals surface area (Å²) in [7, 11) is 1.64. The lowest BCUT2D eigenvalue weighted by Crippen LogP contribution is -2.41. The van der Waals surface area contributed by atoms with Crippen molar-refractivity contribution in [2.75, 3.05) is 31.3 Å². The van der Waals surface area contributed by atoms with Gasteiger partial charge in [-0.05, 0) is 36.1 Å². The number of nitrogens with zero attached hydrogens (tertiary/aromatic N) is 4. The van der Waals surface area contributed by atoms with Gasteiger partial charge in [0, 0.05) is 37.8 Å². The van der Waals surface area contributed by atoms with E-state index in [-0.39, 0.29) is 17.7 Å². The Bertz CT molecular complexity index is 1140. The summed E-state index contributed by atoms with van der Waals surface area (Å²) in [5.74, 6) is 1.16. The third-order valence-corrected chi connectivity index (χ3v) is 5.97. The summed E-state index contributed by atoms with van der Waals surface area (Å²) in [6, 6.07) is 11.6. The smallest absolute Gasteiger partial charge is 0.366 e. The van der Waals surface area contributed by atoms with Crippen LogP contribution in [0.4, 0.5) is 11.8 Å². The number of amidine groups is 1. The van der Waals surface area contributed by atoms with Gasteiger partial charge >= 0.3 is 5.90 Å². The third-order valence-electron chi connectivity index (χ3n) is 5.97. The van der Waals surface area contributed by atoms with Crippen LogP contribution in [0.2, 0.25) is 0 Å². The van der Waals surface area contributed by atoms with Crippen molar-refractivity contribution in [2.24, 2.45) is 4.99 Å². The molecular formula is C24H28N7O2+. The van der Waals surface area contributed by atoms with E-state index in [1.807, 2.05) is 24.3 Å². The monoisotopic (exact) mass is 446 g/mol. The fourth-order valence-corrected chi connectivity index (χ4v) is 3.90. The van der Waals surface area contributed by atoms with Crippen molar-refractivity contribution in [3.05, 3.63) is 66.1 Å². The fraction of sp³-hybridized carbons (Fsp3) is 0.292. The molecule has 1 saturated carbocycles. The van der Waals surface area contributed by atoms with Gasteiger partial charge in [0.2, 0.25) is 5.95 Å². The number of ether oxygens (including phenoxy) is 1. The van der Waals surface area contributed by atoms with E-state index < -0.39 is 5.41 Å². The molecule has 0 amide bonds. The molecule has 0 spiro atoms. The molecule has 1 aromatic carbocycles. The van der Waals surface area contributed by atoms with Crippen LogP contribution >= 0.6 is 0 Å². The zero-order chi connectivity index (χ0) is 23.3. The second-order valence-electron chi connectivity index (χ2n) is 8.00. The Labute approximate surface area is 192 Å². The summed E-state index contributed by atoms with van der Waals surface area (Å²) in [6.07, 6.45) is 7.74. The highest BCUT2D eigenvalue weighted by Crippen LogP contribution is 2.45. The molecule has 33 heavy (non-hydrogen) atoms. The highest BCUT2D eigenvalue weighted by atomic mass is 16.5. The number of nitrogen functional groups attached to an aromatic ring is 1. The average molecular weight is 447 g/mol. The van der Waals surface area contributed by atoms with Crippen LogP contribution in [0.1, 0.15) is 30.4 Å². The Morgan fingerprint density at radius 1 is 1.15 bits per heavy atom. The van der Waals surface area contributed by atoms with Gasteiger partial charge in [-0.2, -0.15) is 0 Å². The van der Waals surface area contributed by atoms with Crippen LogP contribution in [0, 0.1) is 5.41 Å². The van der Waals surface area contributed by atoms with E-state index in [1.54, 1.807) is 37.8 Å². The van der Waals surface area contributed by atoms with E-state index in [0.717, 1.165) is 36.0 Å². The maximum absolute atomic E-state index is 8.75. The lowest BCUT2D eigenvalue weighted by atomic mass is 9.63. The van der Waals surface area contributed by atoms with Crippen molar-refractivity contribution in [2.45, 2.75) is 24.7 Å². The molecule has 0 atom stereocenters. The number of hydrogen-bond donors (Lipinski definition) is 3. The molecule has 0 radical (unpaired) electrons. The van der Waals surface area contributed by atoms with Gasteiger partial charge in [0.05, 0.1) is 17.6 Å². The van der Waals surface area contributed by atoms with Crippen molar-refractivity contribution in [1.82, 2.24) is 15.0 Å². The van der Waals surface area contributed by atoms with Crippen LogP contribution in [-0.4, -0.2) is 52.1 Å². The number of anilines is 2. The molecule has 3 aromatic rings. The zero-order valence-electron chi connectivity index (χ0n) is 18.5. The maximum Gasteiger partial charge on any atom is 0.366 e. The molecule has 1 aliphatic rings. The molecular weight excluding hydrogens is 418 g/mol. The van der Waals surface area contributed by atoms with Gasteiger partial charge in [-0.3, -0.25) is 5.41 Å². The molecule has 0 unspecified atom stereocenters. The van der Waals surface area contributed by atoms with Gasteiger partial charge < -0.3 is 20.9 Å². The normalized spacial score (nSPS) is 15.0. The predicted octanol–water partition coefficient (Wildman–Crippen LogP) is 2.75. The van der Waals surface area contributed by atoms with E-state index >= 15 is 0 Å². The average Bonchev–Trinajstić information content (AvgIpc) is 2.80. The van der Waals surface area contributed by atoms with Crippen LogP contribution in [-0.2, 0) is 10.2 Å². The van der Waals surface area contributed by atoms with Crippen molar-refractivity contribution < 1.29 is 9.84 Å². The van der Waals surface area contributed by atoms with E-state index in [1.165, 1.54) is 0 Å². The zero-order valence-corrected chi connectivity index (χ0v) is 18.5. The van der Waals surface area contributed by atoms with E-state index in [4.69, 9.17) is 21.0 Å². The number of nitrogens with two attached hydrogens (primary N) is 1. The first kappa shape index (κ1) is 22.3. The van der Waals surface area contributed by atoms with Gasteiger partial charge in [0.1, 0.15) is 11.7 Å². The molecule has 0 bridgehead atoms. The van der Waals surface area contributed by atoms with Gasteiger partial charge in [0.15, 0.2) is 0 Å².